The molecule has 0 bridgehead atoms. The molecule has 1 aromatic heterocycles. The summed E-state index contributed by atoms with van der Waals surface area (Å²) in [6.45, 7) is 1.94. The number of carbonyl (C=O) groups excluding carboxylic acids is 1. The van der Waals surface area contributed by atoms with E-state index in [-0.39, 0.29) is 0 Å². The minimum atomic E-state index is -0.596. The number of hydrogen-bond acceptors (Lipinski definition) is 8. The topological polar surface area (TPSA) is 96.7 Å². The van der Waals surface area contributed by atoms with Gasteiger partial charge in [0, 0.05) is 17.3 Å². The molecule has 0 unspecified atom stereocenters. The lowest BCUT2D eigenvalue weighted by molar-refractivity contribution is -0.136. The Labute approximate surface area is 156 Å². The van der Waals surface area contributed by atoms with E-state index in [2.05, 4.69) is 15.4 Å². The zero-order valence-electron chi connectivity index (χ0n) is 15.9. The molecule has 0 saturated heterocycles. The molecule has 9 nitrogen and oxygen atoms in total. The van der Waals surface area contributed by atoms with Crippen molar-refractivity contribution < 1.29 is 23.7 Å². The molecule has 0 radical (unpaired) electrons. The van der Waals surface area contributed by atoms with Crippen LogP contribution < -0.4 is 19.5 Å². The number of allylic oxidation sites excluding steroid dienone is 1. The minimum absolute atomic E-state index is 0.434. The van der Waals surface area contributed by atoms with E-state index in [0.717, 1.165) is 0 Å². The lowest BCUT2D eigenvalue weighted by atomic mass is 9.93. The van der Waals surface area contributed by atoms with Crippen LogP contribution in [0.4, 0.5) is 5.95 Å². The lowest BCUT2D eigenvalue weighted by Gasteiger charge is -2.30. The Bertz CT molecular complexity index is 890. The average Bonchev–Trinajstić information content (AvgIpc) is 3.18. The van der Waals surface area contributed by atoms with Crippen LogP contribution in [0, 0.1) is 0 Å². The van der Waals surface area contributed by atoms with Gasteiger partial charge in [-0.2, -0.15) is 10.1 Å². The van der Waals surface area contributed by atoms with Gasteiger partial charge in [-0.3, -0.25) is 0 Å². The van der Waals surface area contributed by atoms with E-state index in [0.29, 0.717) is 46.5 Å². The normalized spacial score (nSPS) is 15.7. The van der Waals surface area contributed by atoms with Crippen LogP contribution in [0.25, 0.3) is 0 Å². The number of anilines is 1. The molecular weight excluding hydrogens is 352 g/mol. The molecule has 1 aliphatic heterocycles. The van der Waals surface area contributed by atoms with Gasteiger partial charge in [0.15, 0.2) is 11.5 Å². The van der Waals surface area contributed by atoms with Gasteiger partial charge in [0.2, 0.25) is 5.95 Å². The lowest BCUT2D eigenvalue weighted by Crippen LogP contribution is -2.30. The molecule has 0 amide bonds. The highest BCUT2D eigenvalue weighted by Gasteiger charge is 2.37. The van der Waals surface area contributed by atoms with E-state index in [1.807, 2.05) is 6.92 Å². The summed E-state index contributed by atoms with van der Waals surface area (Å²) >= 11 is 0. The van der Waals surface area contributed by atoms with Gasteiger partial charge in [-0.05, 0) is 12.5 Å². The van der Waals surface area contributed by atoms with E-state index in [9.17, 15) is 4.79 Å². The van der Waals surface area contributed by atoms with Gasteiger partial charge in [-0.25, -0.2) is 9.48 Å². The molecule has 2 heterocycles. The quantitative estimate of drug-likeness (QED) is 0.769. The Morgan fingerprint density at radius 3 is 2.37 bits per heavy atom. The monoisotopic (exact) mass is 374 g/mol. The summed E-state index contributed by atoms with van der Waals surface area (Å²) in [6, 6.07) is 2.89. The van der Waals surface area contributed by atoms with Crippen LogP contribution in [0.15, 0.2) is 29.7 Å². The number of benzene rings is 1. The third-order valence-electron chi connectivity index (χ3n) is 4.47. The highest BCUT2D eigenvalue weighted by Crippen LogP contribution is 2.44. The maximum Gasteiger partial charge on any atom is 0.338 e. The number of carbonyl (C=O) groups is 1. The second-order valence-electron chi connectivity index (χ2n) is 5.74. The summed E-state index contributed by atoms with van der Waals surface area (Å²) in [4.78, 5) is 16.9. The van der Waals surface area contributed by atoms with Crippen LogP contribution in [0.5, 0.6) is 17.2 Å². The molecule has 0 fully saturated rings. The summed E-state index contributed by atoms with van der Waals surface area (Å²) in [7, 11) is 6.00. The van der Waals surface area contributed by atoms with Crippen molar-refractivity contribution in [3.05, 3.63) is 35.3 Å². The molecule has 9 heteroatoms. The number of hydrogen-bond donors (Lipinski definition) is 1. The fourth-order valence-electron chi connectivity index (χ4n) is 3.20. The third kappa shape index (κ3) is 3.05. The predicted molar refractivity (Wildman–Crippen MR) is 97.2 cm³/mol. The molecule has 3 rings (SSSR count). The summed E-state index contributed by atoms with van der Waals surface area (Å²) in [5, 5.41) is 7.45. The number of fused-ring (bicyclic) bond motifs is 1. The number of esters is 1. The van der Waals surface area contributed by atoms with Crippen molar-refractivity contribution in [3.8, 4) is 17.2 Å². The maximum absolute atomic E-state index is 12.7. The number of nitrogens with zero attached hydrogens (tertiary/aromatic N) is 3. The molecular formula is C18H22N4O5. The Hall–Kier alpha value is -3.23. The number of rotatable bonds is 6. The molecule has 1 atom stereocenters. The SMILES string of the molecule is CCC1=C(C(=O)OC)[C@H](c2cc(OC)c(OC)cc2OC)n2ncnc2N1. The molecule has 1 aromatic carbocycles. The van der Waals surface area contributed by atoms with Crippen LogP contribution in [0.1, 0.15) is 24.9 Å². The van der Waals surface area contributed by atoms with E-state index in [1.54, 1.807) is 38.1 Å². The largest absolute Gasteiger partial charge is 0.496 e. The Morgan fingerprint density at radius 1 is 1.11 bits per heavy atom. The van der Waals surface area contributed by atoms with Gasteiger partial charge in [0.1, 0.15) is 18.1 Å². The fraction of sp³-hybridized carbons (Fsp3) is 0.389. The Kier molecular flexibility index (Phi) is 5.20. The van der Waals surface area contributed by atoms with Gasteiger partial charge in [0.05, 0.1) is 34.0 Å². The van der Waals surface area contributed by atoms with Gasteiger partial charge in [-0.1, -0.05) is 6.92 Å². The first kappa shape index (κ1) is 18.6. The summed E-state index contributed by atoms with van der Waals surface area (Å²) < 4.78 is 23.0. The molecule has 144 valence electrons. The number of aromatic nitrogens is 3. The van der Waals surface area contributed by atoms with Crippen LogP contribution in [0.2, 0.25) is 0 Å². The summed E-state index contributed by atoms with van der Waals surface area (Å²) in [5.41, 5.74) is 1.82. The zero-order chi connectivity index (χ0) is 19.6. The molecule has 2 aromatic rings. The molecule has 1 N–H and O–H groups in total. The van der Waals surface area contributed by atoms with Crippen molar-refractivity contribution >= 4 is 11.9 Å². The maximum atomic E-state index is 12.7. The molecule has 0 saturated carbocycles. The van der Waals surface area contributed by atoms with Gasteiger partial charge in [0.25, 0.3) is 0 Å². The highest BCUT2D eigenvalue weighted by atomic mass is 16.5. The molecule has 0 spiro atoms. The first-order valence-corrected chi connectivity index (χ1v) is 8.37. The second-order valence-corrected chi connectivity index (χ2v) is 5.74. The van der Waals surface area contributed by atoms with Gasteiger partial charge < -0.3 is 24.3 Å². The van der Waals surface area contributed by atoms with Crippen molar-refractivity contribution in [1.29, 1.82) is 0 Å². The summed E-state index contributed by atoms with van der Waals surface area (Å²) in [6.07, 6.45) is 2.01. The van der Waals surface area contributed by atoms with Crippen LogP contribution >= 0.6 is 0 Å². The zero-order valence-corrected chi connectivity index (χ0v) is 15.9. The van der Waals surface area contributed by atoms with Crippen molar-refractivity contribution in [2.24, 2.45) is 0 Å². The first-order chi connectivity index (χ1) is 13.1. The summed E-state index contributed by atoms with van der Waals surface area (Å²) in [5.74, 6) is 1.63. The van der Waals surface area contributed by atoms with Crippen LogP contribution in [0.3, 0.4) is 0 Å². The van der Waals surface area contributed by atoms with E-state index in [4.69, 9.17) is 18.9 Å². The molecule has 0 aliphatic carbocycles. The Balaban J connectivity index is 2.30. The smallest absolute Gasteiger partial charge is 0.338 e. The standard InChI is InChI=1S/C18H22N4O5/c1-6-11-15(17(23)27-5)16(22-18(21-11)19-9-20-22)10-7-13(25-3)14(26-4)8-12(10)24-2/h7-9,16H,6H2,1-5H3,(H,19,20,21)/t16-/m0/s1. The number of nitrogens with one attached hydrogen (secondary N) is 1. The van der Waals surface area contributed by atoms with Gasteiger partial charge in [-0.15, -0.1) is 0 Å². The molecule has 1 aliphatic rings. The average molecular weight is 374 g/mol. The van der Waals surface area contributed by atoms with Crippen molar-refractivity contribution in [1.82, 2.24) is 14.8 Å². The fourth-order valence-corrected chi connectivity index (χ4v) is 3.20. The van der Waals surface area contributed by atoms with Crippen molar-refractivity contribution in [2.45, 2.75) is 19.4 Å². The third-order valence-corrected chi connectivity index (χ3v) is 4.47. The molecule has 27 heavy (non-hydrogen) atoms. The van der Waals surface area contributed by atoms with E-state index in [1.165, 1.54) is 13.4 Å². The Morgan fingerprint density at radius 2 is 1.78 bits per heavy atom. The van der Waals surface area contributed by atoms with Crippen LogP contribution in [-0.4, -0.2) is 49.2 Å². The second kappa shape index (κ2) is 7.56. The van der Waals surface area contributed by atoms with Crippen molar-refractivity contribution in [2.75, 3.05) is 33.8 Å². The minimum Gasteiger partial charge on any atom is -0.496 e. The van der Waals surface area contributed by atoms with E-state index >= 15 is 0 Å². The van der Waals surface area contributed by atoms with E-state index < -0.39 is 12.0 Å². The van der Waals surface area contributed by atoms with Crippen molar-refractivity contribution in [3.63, 3.8) is 0 Å². The predicted octanol–water partition coefficient (Wildman–Crippen LogP) is 2.16. The van der Waals surface area contributed by atoms with Crippen LogP contribution in [-0.2, 0) is 9.53 Å². The number of ether oxygens (including phenoxy) is 4. The first-order valence-electron chi connectivity index (χ1n) is 8.37. The number of methoxy groups -OCH3 is 4. The highest BCUT2D eigenvalue weighted by molar-refractivity contribution is 5.92. The van der Waals surface area contributed by atoms with Gasteiger partial charge >= 0.3 is 5.97 Å².